The molecular formula is C44H79N5O13. The normalized spacial score (nSPS) is 12.0. The zero-order valence-electron chi connectivity index (χ0n) is 37.5. The molecule has 0 bridgehead atoms. The second-order valence-electron chi connectivity index (χ2n) is 15.2. The number of carbonyl (C=O) groups excluding carboxylic acids is 5. The lowest BCUT2D eigenvalue weighted by Crippen LogP contribution is -2.41. The lowest BCUT2D eigenvalue weighted by molar-refractivity contribution is -0.142. The van der Waals surface area contributed by atoms with Crippen LogP contribution in [0.1, 0.15) is 135 Å². The summed E-state index contributed by atoms with van der Waals surface area (Å²) in [5.41, 5.74) is 0. The first-order chi connectivity index (χ1) is 30.0. The van der Waals surface area contributed by atoms with Crippen molar-refractivity contribution in [3.05, 3.63) is 12.7 Å². The monoisotopic (exact) mass is 886 g/mol. The Morgan fingerprint density at radius 3 is 1.40 bits per heavy atom. The minimum absolute atomic E-state index is 0.0274. The lowest BCUT2D eigenvalue weighted by Gasteiger charge is -2.14. The van der Waals surface area contributed by atoms with Crippen LogP contribution in [0.2, 0.25) is 0 Å². The predicted octanol–water partition coefficient (Wildman–Crippen LogP) is 3.59. The van der Waals surface area contributed by atoms with Crippen LogP contribution >= 0.6 is 0 Å². The minimum atomic E-state index is -1.18. The van der Waals surface area contributed by atoms with Crippen LogP contribution in [0.5, 0.6) is 0 Å². The van der Waals surface area contributed by atoms with Crippen molar-refractivity contribution >= 4 is 41.4 Å². The molecule has 4 amide bonds. The van der Waals surface area contributed by atoms with E-state index in [2.05, 4.69) is 33.2 Å². The third-order valence-electron chi connectivity index (χ3n) is 9.82. The van der Waals surface area contributed by atoms with E-state index in [1.807, 2.05) is 0 Å². The van der Waals surface area contributed by atoms with Crippen molar-refractivity contribution in [3.8, 4) is 0 Å². The molecule has 0 aliphatic carbocycles. The molecule has 0 aromatic carbocycles. The Kier molecular flexibility index (Phi) is 39.6. The molecule has 18 nitrogen and oxygen atoms in total. The molecule has 0 aliphatic heterocycles. The summed E-state index contributed by atoms with van der Waals surface area (Å²) in [6, 6.07) is -1.40. The Balaban J connectivity index is 3.66. The molecule has 0 unspecified atom stereocenters. The van der Waals surface area contributed by atoms with Crippen LogP contribution in [0.15, 0.2) is 12.7 Å². The molecule has 0 radical (unpaired) electrons. The lowest BCUT2D eigenvalue weighted by atomic mass is 10.0. The molecule has 0 aromatic rings. The number of nitrogens with one attached hydrogen (secondary N) is 5. The Hall–Kier alpha value is -3.97. The zero-order valence-corrected chi connectivity index (χ0v) is 37.5. The third-order valence-corrected chi connectivity index (χ3v) is 9.82. The van der Waals surface area contributed by atoms with E-state index in [1.54, 1.807) is 7.05 Å². The van der Waals surface area contributed by atoms with Crippen LogP contribution < -0.4 is 26.6 Å². The highest BCUT2D eigenvalue weighted by atomic mass is 16.5. The van der Waals surface area contributed by atoms with E-state index in [4.69, 9.17) is 24.1 Å². The Labute approximate surface area is 369 Å². The fourth-order valence-corrected chi connectivity index (χ4v) is 6.24. The average molecular weight is 886 g/mol. The van der Waals surface area contributed by atoms with Crippen molar-refractivity contribution in [2.45, 2.75) is 147 Å². The number of ether oxygens (including phenoxy) is 4. The molecule has 358 valence electrons. The highest BCUT2D eigenvalue weighted by Gasteiger charge is 2.21. The van der Waals surface area contributed by atoms with Crippen molar-refractivity contribution in [3.63, 3.8) is 0 Å². The van der Waals surface area contributed by atoms with Crippen molar-refractivity contribution in [2.24, 2.45) is 0 Å². The number of carboxylic acids is 2. The summed E-state index contributed by atoms with van der Waals surface area (Å²) in [7, 11) is 1.73. The van der Waals surface area contributed by atoms with Crippen LogP contribution in [-0.4, -0.2) is 143 Å². The zero-order chi connectivity index (χ0) is 45.9. The van der Waals surface area contributed by atoms with Crippen LogP contribution in [0.3, 0.4) is 0 Å². The molecule has 0 aromatic heterocycles. The summed E-state index contributed by atoms with van der Waals surface area (Å²) in [6.45, 7) is 5.53. The van der Waals surface area contributed by atoms with Gasteiger partial charge in [0.25, 0.3) is 0 Å². The van der Waals surface area contributed by atoms with Crippen LogP contribution in [0.25, 0.3) is 0 Å². The van der Waals surface area contributed by atoms with Gasteiger partial charge in [0.05, 0.1) is 45.7 Å². The van der Waals surface area contributed by atoms with Gasteiger partial charge in [-0.05, 0) is 51.6 Å². The first kappa shape index (κ1) is 58.0. The summed E-state index contributed by atoms with van der Waals surface area (Å²) in [4.78, 5) is 82.1. The van der Waals surface area contributed by atoms with Gasteiger partial charge in [0, 0.05) is 38.9 Å². The molecule has 62 heavy (non-hydrogen) atoms. The highest BCUT2D eigenvalue weighted by molar-refractivity contribution is 5.93. The van der Waals surface area contributed by atoms with Gasteiger partial charge in [-0.3, -0.25) is 28.8 Å². The van der Waals surface area contributed by atoms with E-state index in [-0.39, 0.29) is 127 Å². The SMILES string of the molecule is C=CC(=O)[C@H](CCCCNC(=O)COCCOCCNC(=O)COCCOCCNC(=O)CC[C@H](NC(=O)CCCCCCCCCCCCCCCCC(=O)O)C(=O)O)NC. The number of aliphatic carboxylic acids is 2. The van der Waals surface area contributed by atoms with Crippen LogP contribution in [0, 0.1) is 0 Å². The second kappa shape index (κ2) is 42.3. The minimum Gasteiger partial charge on any atom is -0.481 e. The topological polar surface area (TPSA) is 257 Å². The number of ketones is 1. The number of rotatable bonds is 46. The molecule has 2 atom stereocenters. The number of carbonyl (C=O) groups is 7. The molecule has 0 saturated heterocycles. The van der Waals surface area contributed by atoms with Gasteiger partial charge in [0.1, 0.15) is 19.3 Å². The summed E-state index contributed by atoms with van der Waals surface area (Å²) in [6.07, 6.45) is 19.0. The molecule has 0 fully saturated rings. The smallest absolute Gasteiger partial charge is 0.326 e. The standard InChI is InChI=1S/C44H79N5O13/c1-3-38(50)36(45-2)20-18-19-25-46-41(53)34-61-32-31-60-29-27-48-42(54)35-62-33-30-59-28-26-47-39(51)24-23-37(44(57)58)49-40(52)21-16-14-12-10-8-6-4-5-7-9-11-13-15-17-22-43(55)56/h3,36-37,45H,1,4-35H2,2H3,(H,46,53)(H,47,51)(H,48,54)(H,49,52)(H,55,56)(H,57,58)/t36-,37-/m0/s1. The average Bonchev–Trinajstić information content (AvgIpc) is 3.24. The quantitative estimate of drug-likeness (QED) is 0.0341. The first-order valence-electron chi connectivity index (χ1n) is 22.7. The van der Waals surface area contributed by atoms with Crippen molar-refractivity contribution in [2.75, 3.05) is 79.5 Å². The van der Waals surface area contributed by atoms with E-state index in [9.17, 15) is 38.7 Å². The molecule has 0 heterocycles. The van der Waals surface area contributed by atoms with Gasteiger partial charge in [0.15, 0.2) is 5.78 Å². The molecular weight excluding hydrogens is 807 g/mol. The second-order valence-corrected chi connectivity index (χ2v) is 15.2. The Bertz CT molecular complexity index is 1240. The summed E-state index contributed by atoms with van der Waals surface area (Å²) >= 11 is 0. The molecule has 0 rings (SSSR count). The van der Waals surface area contributed by atoms with Crippen LogP contribution in [0.4, 0.5) is 0 Å². The molecule has 0 aliphatic rings. The van der Waals surface area contributed by atoms with Crippen molar-refractivity contribution in [1.82, 2.24) is 26.6 Å². The Morgan fingerprint density at radius 1 is 0.484 bits per heavy atom. The van der Waals surface area contributed by atoms with Gasteiger partial charge < -0.3 is 55.7 Å². The van der Waals surface area contributed by atoms with Crippen molar-refractivity contribution < 1.29 is 62.7 Å². The van der Waals surface area contributed by atoms with Gasteiger partial charge in [-0.25, -0.2) is 4.79 Å². The third kappa shape index (κ3) is 38.9. The van der Waals surface area contributed by atoms with Gasteiger partial charge in [-0.15, -0.1) is 0 Å². The molecule has 7 N–H and O–H groups in total. The number of carboxylic acid groups (broad SMARTS) is 2. The van der Waals surface area contributed by atoms with E-state index in [1.165, 1.54) is 51.0 Å². The summed E-state index contributed by atoms with van der Waals surface area (Å²) in [5.74, 6) is -3.18. The number of hydrogen-bond acceptors (Lipinski definition) is 12. The number of amides is 4. The van der Waals surface area contributed by atoms with E-state index in [0.29, 0.717) is 19.4 Å². The van der Waals surface area contributed by atoms with Crippen LogP contribution in [-0.2, 0) is 52.5 Å². The van der Waals surface area contributed by atoms with E-state index in [0.717, 1.165) is 51.4 Å². The molecule has 0 spiro atoms. The number of hydrogen-bond donors (Lipinski definition) is 7. The van der Waals surface area contributed by atoms with E-state index >= 15 is 0 Å². The fourth-order valence-electron chi connectivity index (χ4n) is 6.24. The maximum Gasteiger partial charge on any atom is 0.326 e. The van der Waals surface area contributed by atoms with Gasteiger partial charge in [-0.1, -0.05) is 83.6 Å². The Morgan fingerprint density at radius 2 is 0.935 bits per heavy atom. The maximum absolute atomic E-state index is 12.3. The van der Waals surface area contributed by atoms with Crippen molar-refractivity contribution in [1.29, 1.82) is 0 Å². The fraction of sp³-hybridized carbons (Fsp3) is 0.795. The molecule has 18 heteroatoms. The van der Waals surface area contributed by atoms with E-state index < -0.39 is 18.0 Å². The molecule has 0 saturated carbocycles. The maximum atomic E-state index is 12.3. The van der Waals surface area contributed by atoms with Gasteiger partial charge in [0.2, 0.25) is 23.6 Å². The summed E-state index contributed by atoms with van der Waals surface area (Å²) in [5, 5.41) is 31.7. The number of unbranched alkanes of at least 4 members (excludes halogenated alkanes) is 14. The predicted molar refractivity (Wildman–Crippen MR) is 235 cm³/mol. The number of likely N-dealkylation sites (N-methyl/N-ethyl adjacent to an activating group) is 1. The highest BCUT2D eigenvalue weighted by Crippen LogP contribution is 2.14. The summed E-state index contributed by atoms with van der Waals surface area (Å²) < 4.78 is 21.4. The van der Waals surface area contributed by atoms with Gasteiger partial charge >= 0.3 is 11.9 Å². The first-order valence-corrected chi connectivity index (χ1v) is 22.7. The largest absolute Gasteiger partial charge is 0.481 e. The van der Waals surface area contributed by atoms with Gasteiger partial charge in [-0.2, -0.15) is 0 Å².